The van der Waals surface area contributed by atoms with Gasteiger partial charge in [0.2, 0.25) is 0 Å². The number of esters is 2. The fraction of sp³-hybridized carbons (Fsp3) is 0.500. The van der Waals surface area contributed by atoms with Gasteiger partial charge >= 0.3 is 11.9 Å². The Hall–Kier alpha value is -2.18. The molecule has 0 unspecified atom stereocenters. The van der Waals surface area contributed by atoms with E-state index in [4.69, 9.17) is 9.47 Å². The van der Waals surface area contributed by atoms with Crippen LogP contribution in [0.3, 0.4) is 0 Å². The zero-order valence-corrected chi connectivity index (χ0v) is 15.6. The van der Waals surface area contributed by atoms with Crippen molar-refractivity contribution in [3.63, 3.8) is 0 Å². The average Bonchev–Trinajstić information content (AvgIpc) is 2.84. The minimum Gasteiger partial charge on any atom is -0.458 e. The first-order valence-electron chi connectivity index (χ1n) is 8.57. The van der Waals surface area contributed by atoms with Crippen LogP contribution in [0.4, 0.5) is 0 Å². The van der Waals surface area contributed by atoms with Crippen molar-refractivity contribution in [2.75, 3.05) is 0 Å². The highest BCUT2D eigenvalue weighted by molar-refractivity contribution is 5.92. The molecule has 6 nitrogen and oxygen atoms in total. The lowest BCUT2D eigenvalue weighted by atomic mass is 9.82. The van der Waals surface area contributed by atoms with Gasteiger partial charge in [-0.3, -0.25) is 0 Å². The van der Waals surface area contributed by atoms with Crippen LogP contribution in [-0.2, 0) is 19.1 Å². The van der Waals surface area contributed by atoms with E-state index in [0.717, 1.165) is 0 Å². The molecule has 1 heterocycles. The number of carbonyl (C=O) groups excluding carboxylic acids is 2. The van der Waals surface area contributed by atoms with Gasteiger partial charge in [0.15, 0.2) is 0 Å². The third-order valence-corrected chi connectivity index (χ3v) is 4.82. The van der Waals surface area contributed by atoms with Gasteiger partial charge in [-0.15, -0.1) is 0 Å². The van der Waals surface area contributed by atoms with Gasteiger partial charge < -0.3 is 19.7 Å². The molecule has 0 amide bonds. The first kappa shape index (κ1) is 20.1. The van der Waals surface area contributed by atoms with Crippen LogP contribution in [-0.4, -0.2) is 46.1 Å². The number of allylic oxidation sites excluding steroid dienone is 1. The van der Waals surface area contributed by atoms with Gasteiger partial charge in [-0.25, -0.2) is 9.59 Å². The van der Waals surface area contributed by atoms with Crippen molar-refractivity contribution in [2.45, 2.75) is 58.0 Å². The fourth-order valence-corrected chi connectivity index (χ4v) is 3.05. The van der Waals surface area contributed by atoms with Gasteiger partial charge in [0.1, 0.15) is 12.2 Å². The second kappa shape index (κ2) is 7.60. The molecule has 1 aliphatic carbocycles. The zero-order chi connectivity index (χ0) is 19.6. The SMILES string of the molecule is C=C1C(=O)O[C@H]2/C=C(\C)[C@H](O)/C=C\[C@](C)(O)C[C@@H](OC(=O)/C(C)=C/C)[C@@H]12. The van der Waals surface area contributed by atoms with Crippen molar-refractivity contribution < 1.29 is 29.3 Å². The Morgan fingerprint density at radius 2 is 2.15 bits per heavy atom. The molecule has 2 rings (SSSR count). The molecular weight excluding hydrogens is 336 g/mol. The van der Waals surface area contributed by atoms with E-state index in [1.165, 1.54) is 12.2 Å². The van der Waals surface area contributed by atoms with E-state index in [-0.39, 0.29) is 12.0 Å². The van der Waals surface area contributed by atoms with Crippen molar-refractivity contribution >= 4 is 11.9 Å². The second-order valence-corrected chi connectivity index (χ2v) is 7.11. The maximum atomic E-state index is 12.3. The molecule has 0 saturated carbocycles. The summed E-state index contributed by atoms with van der Waals surface area (Å²) in [6.45, 7) is 10.4. The molecule has 1 fully saturated rings. The quantitative estimate of drug-likeness (QED) is 0.443. The molecule has 0 spiro atoms. The third-order valence-electron chi connectivity index (χ3n) is 4.82. The molecule has 2 N–H and O–H groups in total. The van der Waals surface area contributed by atoms with Crippen molar-refractivity contribution in [3.8, 4) is 0 Å². The maximum Gasteiger partial charge on any atom is 0.334 e. The molecule has 0 radical (unpaired) electrons. The van der Waals surface area contributed by atoms with E-state index >= 15 is 0 Å². The molecule has 2 aliphatic rings. The van der Waals surface area contributed by atoms with Crippen LogP contribution in [0.25, 0.3) is 0 Å². The van der Waals surface area contributed by atoms with Crippen molar-refractivity contribution in [1.29, 1.82) is 0 Å². The largest absolute Gasteiger partial charge is 0.458 e. The summed E-state index contributed by atoms with van der Waals surface area (Å²) in [5.41, 5.74) is -0.188. The fourth-order valence-electron chi connectivity index (χ4n) is 3.05. The normalized spacial score (nSPS) is 38.7. The minimum absolute atomic E-state index is 0.0304. The summed E-state index contributed by atoms with van der Waals surface area (Å²) < 4.78 is 11.0. The van der Waals surface area contributed by atoms with Gasteiger partial charge in [-0.05, 0) is 39.3 Å². The number of carbonyl (C=O) groups is 2. The van der Waals surface area contributed by atoms with Gasteiger partial charge in [0, 0.05) is 17.6 Å². The molecule has 0 bridgehead atoms. The standard InChI is InChI=1S/C20H26O6/c1-6-11(2)18(22)26-16-10-20(5,24)8-7-14(21)12(3)9-15-17(16)13(4)19(23)25-15/h6-9,14-17,21,24H,4,10H2,1-3,5H3/b8-7-,11-6+,12-9+/t14-,15+,16-,17+,20+/m1/s1. The van der Waals surface area contributed by atoms with Gasteiger partial charge in [-0.1, -0.05) is 24.8 Å². The predicted octanol–water partition coefficient (Wildman–Crippen LogP) is 1.98. The van der Waals surface area contributed by atoms with Crippen molar-refractivity contribution in [1.82, 2.24) is 0 Å². The number of aliphatic hydroxyl groups is 2. The number of hydrogen-bond acceptors (Lipinski definition) is 6. The molecule has 0 aromatic heterocycles. The summed E-state index contributed by atoms with van der Waals surface area (Å²) in [7, 11) is 0. The van der Waals surface area contributed by atoms with Crippen LogP contribution in [0, 0.1) is 5.92 Å². The third kappa shape index (κ3) is 4.31. The topological polar surface area (TPSA) is 93.1 Å². The van der Waals surface area contributed by atoms with E-state index in [1.807, 2.05) is 0 Å². The Bertz CT molecular complexity index is 697. The molecule has 1 saturated heterocycles. The number of fused-ring (bicyclic) bond motifs is 1. The first-order valence-corrected chi connectivity index (χ1v) is 8.57. The summed E-state index contributed by atoms with van der Waals surface area (Å²) in [5.74, 6) is -1.74. The maximum absolute atomic E-state index is 12.3. The average molecular weight is 362 g/mol. The van der Waals surface area contributed by atoms with E-state index in [9.17, 15) is 19.8 Å². The lowest BCUT2D eigenvalue weighted by Crippen LogP contribution is -2.40. The van der Waals surface area contributed by atoms with Crippen LogP contribution in [0.15, 0.2) is 47.6 Å². The van der Waals surface area contributed by atoms with Crippen LogP contribution in [0.1, 0.15) is 34.1 Å². The Morgan fingerprint density at radius 3 is 2.77 bits per heavy atom. The monoisotopic (exact) mass is 362 g/mol. The van der Waals surface area contributed by atoms with Gasteiger partial charge in [0.25, 0.3) is 0 Å². The van der Waals surface area contributed by atoms with E-state index in [1.54, 1.807) is 39.8 Å². The number of aliphatic hydroxyl groups excluding tert-OH is 1. The molecule has 0 aromatic rings. The van der Waals surface area contributed by atoms with Crippen LogP contribution in [0.2, 0.25) is 0 Å². The zero-order valence-electron chi connectivity index (χ0n) is 15.6. The van der Waals surface area contributed by atoms with Crippen molar-refractivity contribution in [3.05, 3.63) is 47.6 Å². The first-order chi connectivity index (χ1) is 12.1. The Kier molecular flexibility index (Phi) is 5.88. The van der Waals surface area contributed by atoms with Crippen molar-refractivity contribution in [2.24, 2.45) is 5.92 Å². The highest BCUT2D eigenvalue weighted by Crippen LogP contribution is 2.37. The summed E-state index contributed by atoms with van der Waals surface area (Å²) in [6.07, 6.45) is 3.77. The summed E-state index contributed by atoms with van der Waals surface area (Å²) in [6, 6.07) is 0. The Morgan fingerprint density at radius 1 is 1.50 bits per heavy atom. The minimum atomic E-state index is -1.36. The van der Waals surface area contributed by atoms with E-state index in [2.05, 4.69) is 6.58 Å². The number of ether oxygens (including phenoxy) is 2. The molecular formula is C20H26O6. The Labute approximate surface area is 153 Å². The highest BCUT2D eigenvalue weighted by atomic mass is 16.6. The van der Waals surface area contributed by atoms with Crippen LogP contribution >= 0.6 is 0 Å². The lowest BCUT2D eigenvalue weighted by molar-refractivity contribution is -0.150. The van der Waals surface area contributed by atoms with E-state index < -0.39 is 41.8 Å². The predicted molar refractivity (Wildman–Crippen MR) is 96.0 cm³/mol. The molecule has 1 aliphatic heterocycles. The number of hydrogen-bond donors (Lipinski definition) is 2. The molecule has 5 atom stereocenters. The molecule has 6 heteroatoms. The summed E-state index contributed by atoms with van der Waals surface area (Å²) in [5, 5.41) is 20.9. The molecule has 142 valence electrons. The highest BCUT2D eigenvalue weighted by Gasteiger charge is 2.46. The second-order valence-electron chi connectivity index (χ2n) is 7.11. The van der Waals surface area contributed by atoms with E-state index in [0.29, 0.717) is 11.1 Å². The molecule has 0 aromatic carbocycles. The summed E-state index contributed by atoms with van der Waals surface area (Å²) >= 11 is 0. The van der Waals surface area contributed by atoms with Gasteiger partial charge in [-0.2, -0.15) is 0 Å². The lowest BCUT2D eigenvalue weighted by Gasteiger charge is -2.32. The number of rotatable bonds is 2. The smallest absolute Gasteiger partial charge is 0.334 e. The Balaban J connectivity index is 2.48. The van der Waals surface area contributed by atoms with Crippen LogP contribution in [0.5, 0.6) is 0 Å². The van der Waals surface area contributed by atoms with Gasteiger partial charge in [0.05, 0.1) is 17.6 Å². The molecule has 26 heavy (non-hydrogen) atoms. The van der Waals surface area contributed by atoms with Crippen LogP contribution < -0.4 is 0 Å². The summed E-state index contributed by atoms with van der Waals surface area (Å²) in [4.78, 5) is 24.4.